The van der Waals surface area contributed by atoms with Gasteiger partial charge in [-0.05, 0) is 24.0 Å². The Balaban J connectivity index is 1.67. The maximum absolute atomic E-state index is 12.6. The average molecular weight is 338 g/mol. The fourth-order valence-electron chi connectivity index (χ4n) is 2.76. The zero-order valence-corrected chi connectivity index (χ0v) is 14.7. The van der Waals surface area contributed by atoms with Gasteiger partial charge < -0.3 is 5.32 Å². The Morgan fingerprint density at radius 1 is 1.32 bits per heavy atom. The van der Waals surface area contributed by atoms with Crippen molar-refractivity contribution in [2.75, 3.05) is 0 Å². The highest BCUT2D eigenvalue weighted by Crippen LogP contribution is 2.19. The van der Waals surface area contributed by atoms with Crippen molar-refractivity contribution in [3.05, 3.63) is 65.0 Å². The summed E-state index contributed by atoms with van der Waals surface area (Å²) in [6.45, 7) is 7.04. The van der Waals surface area contributed by atoms with E-state index < -0.39 is 0 Å². The van der Waals surface area contributed by atoms with Crippen LogP contribution in [0.3, 0.4) is 0 Å². The van der Waals surface area contributed by atoms with Gasteiger partial charge in [0.15, 0.2) is 0 Å². The maximum atomic E-state index is 12.6. The molecule has 0 fully saturated rings. The van der Waals surface area contributed by atoms with Crippen LogP contribution in [-0.2, 0) is 13.1 Å². The van der Waals surface area contributed by atoms with Gasteiger partial charge in [0.05, 0.1) is 17.8 Å². The molecule has 2 N–H and O–H groups in total. The van der Waals surface area contributed by atoms with Crippen molar-refractivity contribution in [2.24, 2.45) is 0 Å². The number of aromatic amines is 1. The van der Waals surface area contributed by atoms with Crippen LogP contribution in [0.25, 0.3) is 0 Å². The first kappa shape index (κ1) is 16.9. The summed E-state index contributed by atoms with van der Waals surface area (Å²) < 4.78 is 1.77. The molecule has 0 unspecified atom stereocenters. The summed E-state index contributed by atoms with van der Waals surface area (Å²) in [6.07, 6.45) is 3.20. The molecule has 0 spiro atoms. The van der Waals surface area contributed by atoms with E-state index in [4.69, 9.17) is 0 Å². The number of hydrogen-bond acceptors (Lipinski definition) is 4. The van der Waals surface area contributed by atoms with E-state index in [1.54, 1.807) is 11.0 Å². The van der Waals surface area contributed by atoms with Gasteiger partial charge in [0.1, 0.15) is 12.7 Å². The Labute approximate surface area is 146 Å². The number of hydrogen-bond donors (Lipinski definition) is 2. The summed E-state index contributed by atoms with van der Waals surface area (Å²) in [5, 5.41) is 14.3. The number of rotatable bonds is 6. The molecule has 0 aliphatic carbocycles. The number of nitrogens with zero attached hydrogens (tertiary/aromatic N) is 4. The molecule has 7 heteroatoms. The summed E-state index contributed by atoms with van der Waals surface area (Å²) in [7, 11) is 0. The van der Waals surface area contributed by atoms with Crippen LogP contribution in [0.15, 0.2) is 36.9 Å². The van der Waals surface area contributed by atoms with Gasteiger partial charge >= 0.3 is 0 Å². The summed E-state index contributed by atoms with van der Waals surface area (Å²) in [4.78, 5) is 16.5. The largest absolute Gasteiger partial charge is 0.348 e. The number of carbonyl (C=O) groups is 1. The van der Waals surface area contributed by atoms with E-state index in [1.165, 1.54) is 6.33 Å². The number of aromatic nitrogens is 5. The lowest BCUT2D eigenvalue weighted by molar-refractivity contribution is 0.0949. The summed E-state index contributed by atoms with van der Waals surface area (Å²) in [6, 6.07) is 8.07. The third-order valence-corrected chi connectivity index (χ3v) is 4.00. The van der Waals surface area contributed by atoms with E-state index in [1.807, 2.05) is 39.0 Å². The Bertz CT molecular complexity index is 850. The van der Waals surface area contributed by atoms with Gasteiger partial charge in [-0.2, -0.15) is 10.2 Å². The number of carbonyl (C=O) groups excluding carboxylic acids is 1. The second-order valence-corrected chi connectivity index (χ2v) is 6.36. The molecule has 1 aromatic carbocycles. The lowest BCUT2D eigenvalue weighted by atomic mass is 10.0. The molecule has 25 heavy (non-hydrogen) atoms. The molecular weight excluding hydrogens is 316 g/mol. The molecule has 1 amide bonds. The van der Waals surface area contributed by atoms with Crippen LogP contribution in [-0.4, -0.2) is 30.9 Å². The van der Waals surface area contributed by atoms with E-state index >= 15 is 0 Å². The molecule has 0 saturated heterocycles. The topological polar surface area (TPSA) is 88.5 Å². The molecular formula is C18H22N6O. The van der Waals surface area contributed by atoms with Gasteiger partial charge in [0, 0.05) is 12.2 Å². The smallest absolute Gasteiger partial charge is 0.255 e. The summed E-state index contributed by atoms with van der Waals surface area (Å²) >= 11 is 0. The van der Waals surface area contributed by atoms with Gasteiger partial charge in [-0.3, -0.25) is 9.89 Å². The van der Waals surface area contributed by atoms with Crippen molar-refractivity contribution in [1.29, 1.82) is 0 Å². The van der Waals surface area contributed by atoms with Crippen LogP contribution in [0, 0.1) is 6.92 Å². The minimum absolute atomic E-state index is 0.100. The van der Waals surface area contributed by atoms with Crippen molar-refractivity contribution < 1.29 is 4.79 Å². The molecule has 0 aliphatic heterocycles. The fourth-order valence-corrected chi connectivity index (χ4v) is 2.76. The molecule has 0 saturated carbocycles. The normalized spacial score (nSPS) is 11.0. The van der Waals surface area contributed by atoms with Crippen molar-refractivity contribution in [2.45, 2.75) is 39.8 Å². The highest BCUT2D eigenvalue weighted by atomic mass is 16.1. The molecule has 2 heterocycles. The number of nitrogens with one attached hydrogen (secondary N) is 2. The third kappa shape index (κ3) is 3.93. The van der Waals surface area contributed by atoms with Crippen LogP contribution in [0.4, 0.5) is 0 Å². The predicted octanol–water partition coefficient (Wildman–Crippen LogP) is 2.41. The molecule has 0 bridgehead atoms. The zero-order chi connectivity index (χ0) is 17.8. The van der Waals surface area contributed by atoms with Gasteiger partial charge in [-0.25, -0.2) is 9.67 Å². The molecule has 0 radical (unpaired) electrons. The first-order chi connectivity index (χ1) is 12.0. The van der Waals surface area contributed by atoms with Crippen LogP contribution in [0.2, 0.25) is 0 Å². The van der Waals surface area contributed by atoms with Crippen molar-refractivity contribution >= 4 is 5.91 Å². The monoisotopic (exact) mass is 338 g/mol. The second-order valence-electron chi connectivity index (χ2n) is 6.36. The van der Waals surface area contributed by atoms with E-state index in [0.717, 1.165) is 22.5 Å². The number of aryl methyl sites for hydroxylation is 1. The van der Waals surface area contributed by atoms with E-state index in [9.17, 15) is 4.79 Å². The van der Waals surface area contributed by atoms with E-state index in [-0.39, 0.29) is 11.8 Å². The van der Waals surface area contributed by atoms with Crippen LogP contribution in [0.1, 0.15) is 52.6 Å². The first-order valence-corrected chi connectivity index (χ1v) is 8.28. The quantitative estimate of drug-likeness (QED) is 0.722. The molecule has 0 atom stereocenters. The van der Waals surface area contributed by atoms with Gasteiger partial charge in [-0.15, -0.1) is 0 Å². The second kappa shape index (κ2) is 7.29. The van der Waals surface area contributed by atoms with Gasteiger partial charge in [0.2, 0.25) is 0 Å². The third-order valence-electron chi connectivity index (χ3n) is 4.00. The predicted molar refractivity (Wildman–Crippen MR) is 94.1 cm³/mol. The minimum atomic E-state index is -0.100. The van der Waals surface area contributed by atoms with E-state index in [2.05, 4.69) is 31.7 Å². The summed E-state index contributed by atoms with van der Waals surface area (Å²) in [5.41, 5.74) is 4.39. The SMILES string of the molecule is Cc1[nH]nc(C(C)C)c1C(=O)NCc1cccc(Cn2cncn2)c1. The van der Waals surface area contributed by atoms with Crippen molar-refractivity contribution in [1.82, 2.24) is 30.3 Å². The first-order valence-electron chi connectivity index (χ1n) is 8.28. The molecule has 7 nitrogen and oxygen atoms in total. The molecule has 130 valence electrons. The number of benzene rings is 1. The highest BCUT2D eigenvalue weighted by molar-refractivity contribution is 5.96. The summed E-state index contributed by atoms with van der Waals surface area (Å²) in [5.74, 6) is 0.0911. The molecule has 3 aromatic rings. The minimum Gasteiger partial charge on any atom is -0.348 e. The zero-order valence-electron chi connectivity index (χ0n) is 14.7. The number of amides is 1. The molecule has 0 aliphatic rings. The van der Waals surface area contributed by atoms with Crippen LogP contribution < -0.4 is 5.32 Å². The lowest BCUT2D eigenvalue weighted by Gasteiger charge is -2.09. The van der Waals surface area contributed by atoms with Crippen LogP contribution in [0.5, 0.6) is 0 Å². The Morgan fingerprint density at radius 2 is 2.12 bits per heavy atom. The average Bonchev–Trinajstić information content (AvgIpc) is 3.22. The Morgan fingerprint density at radius 3 is 2.84 bits per heavy atom. The lowest BCUT2D eigenvalue weighted by Crippen LogP contribution is -2.24. The highest BCUT2D eigenvalue weighted by Gasteiger charge is 2.19. The van der Waals surface area contributed by atoms with Crippen molar-refractivity contribution in [3.8, 4) is 0 Å². The van der Waals surface area contributed by atoms with Crippen LogP contribution >= 0.6 is 0 Å². The van der Waals surface area contributed by atoms with E-state index in [0.29, 0.717) is 18.7 Å². The standard InChI is InChI=1S/C18H22N6O/c1-12(2)17-16(13(3)22-23-17)18(25)20-8-14-5-4-6-15(7-14)9-24-11-19-10-21-24/h4-7,10-12H,8-9H2,1-3H3,(H,20,25)(H,22,23). The van der Waals surface area contributed by atoms with Gasteiger partial charge in [-0.1, -0.05) is 38.1 Å². The Hall–Kier alpha value is -2.96. The van der Waals surface area contributed by atoms with Crippen molar-refractivity contribution in [3.63, 3.8) is 0 Å². The molecule has 2 aromatic heterocycles. The number of H-pyrrole nitrogens is 1. The Kier molecular flexibility index (Phi) is 4.92. The fraction of sp³-hybridized carbons (Fsp3) is 0.333. The molecule has 3 rings (SSSR count). The maximum Gasteiger partial charge on any atom is 0.255 e. The van der Waals surface area contributed by atoms with Gasteiger partial charge in [0.25, 0.3) is 5.91 Å².